The fraction of sp³-hybridized carbons (Fsp3) is 0.500. The third-order valence-corrected chi connectivity index (χ3v) is 2.03. The van der Waals surface area contributed by atoms with Crippen LogP contribution < -0.4 is 10.6 Å². The Morgan fingerprint density at radius 1 is 1.36 bits per heavy atom. The second-order valence-corrected chi connectivity index (χ2v) is 3.01. The maximum atomic E-state index is 12.9. The number of ether oxygens (including phenoxy) is 1. The number of rotatable bonds is 1. The van der Waals surface area contributed by atoms with E-state index in [0.29, 0.717) is 32.1 Å². The van der Waals surface area contributed by atoms with Gasteiger partial charge in [-0.3, -0.25) is 0 Å². The molecule has 6 heteroatoms. The summed E-state index contributed by atoms with van der Waals surface area (Å²) in [5.74, 6) is -0.108. The van der Waals surface area contributed by atoms with Crippen LogP contribution in [0.3, 0.4) is 0 Å². The largest absolute Gasteiger partial charge is 0.378 e. The smallest absolute Gasteiger partial charge is 0.224 e. The topological polar surface area (TPSA) is 64.3 Å². The summed E-state index contributed by atoms with van der Waals surface area (Å²) in [7, 11) is 0. The maximum absolute atomic E-state index is 12.9. The van der Waals surface area contributed by atoms with Gasteiger partial charge in [0.1, 0.15) is 5.82 Å². The number of anilines is 2. The van der Waals surface area contributed by atoms with Crippen molar-refractivity contribution >= 4 is 11.8 Å². The molecule has 1 aliphatic heterocycles. The third kappa shape index (κ3) is 1.90. The van der Waals surface area contributed by atoms with Crippen LogP contribution in [0.2, 0.25) is 0 Å². The number of halogens is 1. The van der Waals surface area contributed by atoms with Crippen LogP contribution in [0.15, 0.2) is 6.07 Å². The maximum Gasteiger partial charge on any atom is 0.224 e. The molecule has 5 nitrogen and oxygen atoms in total. The highest BCUT2D eigenvalue weighted by Crippen LogP contribution is 2.14. The first-order valence-corrected chi connectivity index (χ1v) is 4.38. The van der Waals surface area contributed by atoms with Gasteiger partial charge in [-0.2, -0.15) is 14.4 Å². The van der Waals surface area contributed by atoms with Gasteiger partial charge in [-0.15, -0.1) is 0 Å². The highest BCUT2D eigenvalue weighted by atomic mass is 19.1. The Kier molecular flexibility index (Phi) is 2.45. The van der Waals surface area contributed by atoms with Crippen LogP contribution >= 0.6 is 0 Å². The van der Waals surface area contributed by atoms with Crippen LogP contribution in [-0.2, 0) is 4.74 Å². The number of hydrogen-bond donors (Lipinski definition) is 1. The Hall–Kier alpha value is -1.43. The third-order valence-electron chi connectivity index (χ3n) is 2.03. The molecule has 0 bridgehead atoms. The average molecular weight is 198 g/mol. The number of morpholine rings is 1. The lowest BCUT2D eigenvalue weighted by Gasteiger charge is -2.27. The molecular weight excluding hydrogens is 187 g/mol. The predicted octanol–water partition coefficient (Wildman–Crippen LogP) is 0.0345. The van der Waals surface area contributed by atoms with E-state index in [1.807, 2.05) is 4.90 Å². The van der Waals surface area contributed by atoms with E-state index in [1.54, 1.807) is 0 Å². The average Bonchev–Trinajstić information content (AvgIpc) is 2.18. The lowest BCUT2D eigenvalue weighted by Crippen LogP contribution is -2.37. The van der Waals surface area contributed by atoms with Gasteiger partial charge in [0.25, 0.3) is 0 Å². The molecule has 0 aliphatic carbocycles. The van der Waals surface area contributed by atoms with Crippen molar-refractivity contribution in [3.8, 4) is 0 Å². The molecule has 0 radical (unpaired) electrons. The second-order valence-electron chi connectivity index (χ2n) is 3.01. The Balaban J connectivity index is 2.21. The van der Waals surface area contributed by atoms with Crippen LogP contribution in [0.4, 0.5) is 16.2 Å². The summed E-state index contributed by atoms with van der Waals surface area (Å²) in [4.78, 5) is 9.25. The van der Waals surface area contributed by atoms with E-state index in [0.717, 1.165) is 0 Å². The van der Waals surface area contributed by atoms with E-state index in [2.05, 4.69) is 9.97 Å². The van der Waals surface area contributed by atoms with Crippen molar-refractivity contribution in [3.63, 3.8) is 0 Å². The monoisotopic (exact) mass is 198 g/mol. The van der Waals surface area contributed by atoms with E-state index in [9.17, 15) is 4.39 Å². The molecule has 0 atom stereocenters. The van der Waals surface area contributed by atoms with Crippen LogP contribution in [0.1, 0.15) is 0 Å². The fourth-order valence-corrected chi connectivity index (χ4v) is 1.38. The SMILES string of the molecule is Nc1nc(F)cc(N2CCOCC2)n1. The van der Waals surface area contributed by atoms with E-state index in [4.69, 9.17) is 10.5 Å². The molecule has 0 amide bonds. The van der Waals surface area contributed by atoms with Crippen molar-refractivity contribution < 1.29 is 9.13 Å². The van der Waals surface area contributed by atoms with Gasteiger partial charge in [0, 0.05) is 19.2 Å². The molecule has 2 N–H and O–H groups in total. The molecule has 14 heavy (non-hydrogen) atoms. The minimum atomic E-state index is -0.598. The molecule has 0 spiro atoms. The first kappa shape index (κ1) is 9.14. The lowest BCUT2D eigenvalue weighted by atomic mass is 10.4. The molecule has 0 unspecified atom stereocenters. The van der Waals surface area contributed by atoms with Crippen molar-refractivity contribution in [2.75, 3.05) is 36.9 Å². The summed E-state index contributed by atoms with van der Waals surface area (Å²) in [6, 6.07) is 1.28. The van der Waals surface area contributed by atoms with Crippen molar-refractivity contribution in [3.05, 3.63) is 12.0 Å². The summed E-state index contributed by atoms with van der Waals surface area (Å²) in [6.07, 6.45) is 0. The number of nitrogens with two attached hydrogens (primary N) is 1. The standard InChI is InChI=1S/C8H11FN4O/c9-6-5-7(12-8(10)11-6)13-1-3-14-4-2-13/h5H,1-4H2,(H2,10,11,12). The van der Waals surface area contributed by atoms with Gasteiger partial charge in [-0.25, -0.2) is 0 Å². The van der Waals surface area contributed by atoms with E-state index in [-0.39, 0.29) is 5.95 Å². The summed E-state index contributed by atoms with van der Waals surface area (Å²) >= 11 is 0. The summed E-state index contributed by atoms with van der Waals surface area (Å²) < 4.78 is 18.1. The fourth-order valence-electron chi connectivity index (χ4n) is 1.38. The Labute approximate surface area is 80.7 Å². The molecule has 2 heterocycles. The van der Waals surface area contributed by atoms with Crippen molar-refractivity contribution in [1.82, 2.24) is 9.97 Å². The quantitative estimate of drug-likeness (QED) is 0.645. The molecule has 0 aromatic carbocycles. The zero-order valence-electron chi connectivity index (χ0n) is 7.61. The number of nitrogen functional groups attached to an aromatic ring is 1. The normalized spacial score (nSPS) is 17.1. The minimum Gasteiger partial charge on any atom is -0.378 e. The van der Waals surface area contributed by atoms with E-state index in [1.165, 1.54) is 6.07 Å². The number of nitrogens with zero attached hydrogens (tertiary/aromatic N) is 3. The highest BCUT2D eigenvalue weighted by Gasteiger charge is 2.13. The molecule has 1 fully saturated rings. The molecule has 1 aromatic heterocycles. The van der Waals surface area contributed by atoms with Gasteiger partial charge < -0.3 is 15.4 Å². The first-order chi connectivity index (χ1) is 6.75. The van der Waals surface area contributed by atoms with E-state index >= 15 is 0 Å². The van der Waals surface area contributed by atoms with Crippen molar-refractivity contribution in [1.29, 1.82) is 0 Å². The molecular formula is C8H11FN4O. The molecule has 1 aromatic rings. The van der Waals surface area contributed by atoms with Crippen LogP contribution in [-0.4, -0.2) is 36.3 Å². The Morgan fingerprint density at radius 3 is 2.71 bits per heavy atom. The molecule has 2 rings (SSSR count). The highest BCUT2D eigenvalue weighted by molar-refractivity contribution is 5.41. The van der Waals surface area contributed by atoms with Crippen LogP contribution in [0.25, 0.3) is 0 Å². The predicted molar refractivity (Wildman–Crippen MR) is 49.4 cm³/mol. The zero-order chi connectivity index (χ0) is 9.97. The second kappa shape index (κ2) is 3.75. The molecule has 1 aliphatic rings. The molecule has 76 valence electrons. The zero-order valence-corrected chi connectivity index (χ0v) is 7.61. The van der Waals surface area contributed by atoms with Gasteiger partial charge in [0.15, 0.2) is 0 Å². The Bertz CT molecular complexity index is 307. The van der Waals surface area contributed by atoms with Crippen molar-refractivity contribution in [2.24, 2.45) is 0 Å². The Morgan fingerprint density at radius 2 is 2.07 bits per heavy atom. The molecule has 1 saturated heterocycles. The summed E-state index contributed by atoms with van der Waals surface area (Å²) in [5, 5.41) is 0. The number of hydrogen-bond acceptors (Lipinski definition) is 5. The molecule has 0 saturated carbocycles. The van der Waals surface area contributed by atoms with Crippen LogP contribution in [0.5, 0.6) is 0 Å². The number of aromatic nitrogens is 2. The van der Waals surface area contributed by atoms with Gasteiger partial charge in [0.2, 0.25) is 11.9 Å². The summed E-state index contributed by atoms with van der Waals surface area (Å²) in [6.45, 7) is 2.67. The first-order valence-electron chi connectivity index (χ1n) is 4.38. The van der Waals surface area contributed by atoms with Crippen molar-refractivity contribution in [2.45, 2.75) is 0 Å². The van der Waals surface area contributed by atoms with E-state index < -0.39 is 5.95 Å². The summed E-state index contributed by atoms with van der Waals surface area (Å²) in [5.41, 5.74) is 5.35. The van der Waals surface area contributed by atoms with Gasteiger partial charge in [-0.05, 0) is 0 Å². The van der Waals surface area contributed by atoms with Gasteiger partial charge >= 0.3 is 0 Å². The lowest BCUT2D eigenvalue weighted by molar-refractivity contribution is 0.122. The van der Waals surface area contributed by atoms with Crippen LogP contribution in [0, 0.1) is 5.95 Å². The minimum absolute atomic E-state index is 0.0357. The van der Waals surface area contributed by atoms with Gasteiger partial charge in [0.05, 0.1) is 13.2 Å². The van der Waals surface area contributed by atoms with Gasteiger partial charge in [-0.1, -0.05) is 0 Å².